The van der Waals surface area contributed by atoms with E-state index in [1.165, 1.54) is 12.1 Å². The zero-order valence-electron chi connectivity index (χ0n) is 9.60. The molecule has 0 radical (unpaired) electrons. The number of rotatable bonds is 4. The molecule has 5 heteroatoms. The summed E-state index contributed by atoms with van der Waals surface area (Å²) in [4.78, 5) is 14.6. The van der Waals surface area contributed by atoms with E-state index in [-0.39, 0.29) is 17.7 Å². The molecule has 0 fully saturated rings. The summed E-state index contributed by atoms with van der Waals surface area (Å²) in [6.45, 7) is 5.89. The normalized spacial score (nSPS) is 12.5. The molecule has 0 saturated heterocycles. The molecule has 0 saturated carbocycles. The average Bonchev–Trinajstić information content (AvgIpc) is 2.20. The molecule has 0 aliphatic heterocycles. The lowest BCUT2D eigenvalue weighted by atomic mass is 10.1. The third-order valence-corrected chi connectivity index (χ3v) is 2.35. The molecule has 1 aromatic heterocycles. The van der Waals surface area contributed by atoms with Crippen LogP contribution < -0.4 is 10.5 Å². The van der Waals surface area contributed by atoms with Crippen molar-refractivity contribution in [1.29, 1.82) is 0 Å². The Morgan fingerprint density at radius 3 is 2.56 bits per heavy atom. The van der Waals surface area contributed by atoms with Gasteiger partial charge in [-0.2, -0.15) is 0 Å². The Kier molecular flexibility index (Phi) is 3.71. The first-order valence-corrected chi connectivity index (χ1v) is 5.08. The fraction of sp³-hybridized carbons (Fsp3) is 0.455. The van der Waals surface area contributed by atoms with Gasteiger partial charge in [-0.25, -0.2) is 9.78 Å². The Morgan fingerprint density at radius 1 is 1.44 bits per heavy atom. The fourth-order valence-electron chi connectivity index (χ4n) is 0.977. The quantitative estimate of drug-likeness (QED) is 0.814. The maximum Gasteiger partial charge on any atom is 0.354 e. The topological polar surface area (TPSA) is 85.4 Å². The molecule has 0 aliphatic rings. The number of ether oxygens (including phenoxy) is 1. The Balaban J connectivity index is 2.94. The lowest BCUT2D eigenvalue weighted by molar-refractivity contribution is 0.0687. The number of aromatic nitrogens is 1. The fourth-order valence-corrected chi connectivity index (χ4v) is 0.977. The highest BCUT2D eigenvalue weighted by Crippen LogP contribution is 2.21. The van der Waals surface area contributed by atoms with E-state index in [9.17, 15) is 4.79 Å². The van der Waals surface area contributed by atoms with Crippen molar-refractivity contribution in [1.82, 2.24) is 4.98 Å². The summed E-state index contributed by atoms with van der Waals surface area (Å²) >= 11 is 0. The highest BCUT2D eigenvalue weighted by molar-refractivity contribution is 5.86. The van der Waals surface area contributed by atoms with Gasteiger partial charge >= 0.3 is 5.97 Å². The van der Waals surface area contributed by atoms with E-state index in [2.05, 4.69) is 4.98 Å². The SMILES string of the molecule is CC(C)C(C)Oc1nc(C(=O)O)ccc1N. The molecule has 16 heavy (non-hydrogen) atoms. The summed E-state index contributed by atoms with van der Waals surface area (Å²) in [6.07, 6.45) is -0.0705. The first kappa shape index (κ1) is 12.3. The van der Waals surface area contributed by atoms with Gasteiger partial charge in [-0.15, -0.1) is 0 Å². The second-order valence-electron chi connectivity index (χ2n) is 3.96. The van der Waals surface area contributed by atoms with Gasteiger partial charge in [-0.3, -0.25) is 0 Å². The van der Waals surface area contributed by atoms with Crippen LogP contribution in [0.3, 0.4) is 0 Å². The third kappa shape index (κ3) is 2.85. The van der Waals surface area contributed by atoms with Crippen molar-refractivity contribution in [3.63, 3.8) is 0 Å². The van der Waals surface area contributed by atoms with Gasteiger partial charge in [-0.1, -0.05) is 13.8 Å². The number of nitrogens with two attached hydrogens (primary N) is 1. The lowest BCUT2D eigenvalue weighted by Crippen LogP contribution is -2.20. The highest BCUT2D eigenvalue weighted by atomic mass is 16.5. The summed E-state index contributed by atoms with van der Waals surface area (Å²) in [7, 11) is 0. The monoisotopic (exact) mass is 224 g/mol. The number of nitrogens with zero attached hydrogens (tertiary/aromatic N) is 1. The van der Waals surface area contributed by atoms with Crippen LogP contribution in [0.2, 0.25) is 0 Å². The number of carboxylic acid groups (broad SMARTS) is 1. The van der Waals surface area contributed by atoms with Crippen molar-refractivity contribution >= 4 is 11.7 Å². The lowest BCUT2D eigenvalue weighted by Gasteiger charge is -2.18. The Bertz CT molecular complexity index is 391. The smallest absolute Gasteiger partial charge is 0.354 e. The van der Waals surface area contributed by atoms with Crippen molar-refractivity contribution in [3.05, 3.63) is 17.8 Å². The Morgan fingerprint density at radius 2 is 2.06 bits per heavy atom. The molecule has 0 spiro atoms. The second kappa shape index (κ2) is 4.83. The van der Waals surface area contributed by atoms with Crippen LogP contribution in [0.4, 0.5) is 5.69 Å². The molecule has 88 valence electrons. The predicted molar refractivity (Wildman–Crippen MR) is 60.5 cm³/mol. The predicted octanol–water partition coefficient (Wildman–Crippen LogP) is 1.79. The van der Waals surface area contributed by atoms with Gasteiger partial charge < -0.3 is 15.6 Å². The van der Waals surface area contributed by atoms with E-state index in [1.807, 2.05) is 20.8 Å². The second-order valence-corrected chi connectivity index (χ2v) is 3.96. The molecule has 0 bridgehead atoms. The van der Waals surface area contributed by atoms with Crippen LogP contribution in [0.25, 0.3) is 0 Å². The van der Waals surface area contributed by atoms with Crippen LogP contribution in [0.15, 0.2) is 12.1 Å². The summed E-state index contributed by atoms with van der Waals surface area (Å²) in [5.74, 6) is -0.613. The van der Waals surface area contributed by atoms with Crippen molar-refractivity contribution in [2.24, 2.45) is 5.92 Å². The van der Waals surface area contributed by atoms with E-state index in [4.69, 9.17) is 15.6 Å². The summed E-state index contributed by atoms with van der Waals surface area (Å²) in [5, 5.41) is 8.78. The maximum absolute atomic E-state index is 10.7. The van der Waals surface area contributed by atoms with Crippen molar-refractivity contribution in [3.8, 4) is 5.88 Å². The van der Waals surface area contributed by atoms with Crippen molar-refractivity contribution in [2.75, 3.05) is 5.73 Å². The van der Waals surface area contributed by atoms with Gasteiger partial charge in [-0.05, 0) is 25.0 Å². The van der Waals surface area contributed by atoms with Gasteiger partial charge in [0.1, 0.15) is 0 Å². The molecule has 0 aromatic carbocycles. The van der Waals surface area contributed by atoms with Gasteiger partial charge in [0.05, 0.1) is 11.8 Å². The van der Waals surface area contributed by atoms with Crippen LogP contribution >= 0.6 is 0 Å². The molecule has 3 N–H and O–H groups in total. The molecule has 1 rings (SSSR count). The summed E-state index contributed by atoms with van der Waals surface area (Å²) < 4.78 is 5.50. The van der Waals surface area contributed by atoms with Gasteiger partial charge in [0, 0.05) is 0 Å². The number of hydrogen-bond acceptors (Lipinski definition) is 4. The number of carbonyl (C=O) groups is 1. The number of carboxylic acids is 1. The minimum Gasteiger partial charge on any atom is -0.477 e. The molecule has 1 unspecified atom stereocenters. The first-order chi connectivity index (χ1) is 7.41. The number of nitrogen functional groups attached to an aromatic ring is 1. The molecule has 1 aromatic rings. The van der Waals surface area contributed by atoms with Crippen LogP contribution in [0, 0.1) is 5.92 Å². The molecule has 1 atom stereocenters. The van der Waals surface area contributed by atoms with E-state index in [0.717, 1.165) is 0 Å². The number of hydrogen-bond donors (Lipinski definition) is 2. The third-order valence-electron chi connectivity index (χ3n) is 2.35. The summed E-state index contributed by atoms with van der Waals surface area (Å²) in [6, 6.07) is 2.84. The molecule has 0 amide bonds. The van der Waals surface area contributed by atoms with E-state index >= 15 is 0 Å². The first-order valence-electron chi connectivity index (χ1n) is 5.08. The van der Waals surface area contributed by atoms with Gasteiger partial charge in [0.2, 0.25) is 5.88 Å². The van der Waals surface area contributed by atoms with Crippen LogP contribution in [0.1, 0.15) is 31.3 Å². The molecule has 0 aliphatic carbocycles. The van der Waals surface area contributed by atoms with Crippen LogP contribution in [-0.4, -0.2) is 22.2 Å². The van der Waals surface area contributed by atoms with Crippen LogP contribution in [0.5, 0.6) is 5.88 Å². The van der Waals surface area contributed by atoms with Gasteiger partial charge in [0.15, 0.2) is 5.69 Å². The Labute approximate surface area is 94.2 Å². The maximum atomic E-state index is 10.7. The zero-order chi connectivity index (χ0) is 12.3. The van der Waals surface area contributed by atoms with E-state index in [0.29, 0.717) is 11.6 Å². The number of aromatic carboxylic acids is 1. The number of anilines is 1. The number of pyridine rings is 1. The highest BCUT2D eigenvalue weighted by Gasteiger charge is 2.14. The minimum atomic E-state index is -1.10. The molecular formula is C11H16N2O3. The average molecular weight is 224 g/mol. The zero-order valence-corrected chi connectivity index (χ0v) is 9.60. The molecular weight excluding hydrogens is 208 g/mol. The standard InChI is InChI=1S/C11H16N2O3/c1-6(2)7(3)16-10-8(12)4-5-9(13-10)11(14)15/h4-7H,12H2,1-3H3,(H,14,15). The Hall–Kier alpha value is -1.78. The van der Waals surface area contributed by atoms with Crippen molar-refractivity contribution < 1.29 is 14.6 Å². The molecule has 5 nitrogen and oxygen atoms in total. The molecule has 1 heterocycles. The van der Waals surface area contributed by atoms with E-state index < -0.39 is 5.97 Å². The minimum absolute atomic E-state index is 0.0693. The summed E-state index contributed by atoms with van der Waals surface area (Å²) in [5.41, 5.74) is 5.93. The van der Waals surface area contributed by atoms with Crippen molar-refractivity contribution in [2.45, 2.75) is 26.9 Å². The van der Waals surface area contributed by atoms with Crippen LogP contribution in [-0.2, 0) is 0 Å². The largest absolute Gasteiger partial charge is 0.477 e. The van der Waals surface area contributed by atoms with Gasteiger partial charge in [0.25, 0.3) is 0 Å². The van der Waals surface area contributed by atoms with E-state index in [1.54, 1.807) is 0 Å².